The zero-order valence-corrected chi connectivity index (χ0v) is 15.9. The van der Waals surface area contributed by atoms with E-state index in [1.807, 2.05) is 18.2 Å². The number of halogens is 1. The maximum Gasteiger partial charge on any atom is 0.339 e. The van der Waals surface area contributed by atoms with Crippen LogP contribution in [-0.4, -0.2) is 17.5 Å². The smallest absolute Gasteiger partial charge is 0.339 e. The standard InChI is InChI=1S/C21H19ClN2O4/c22-17-9-16-14-6-1-2-7-15(14)21(26)28-18(16)10-19(17)27-12-20(25)24-11-13-5-3-4-8-23-13/h3-5,8-10H,1-2,6-7,11-12H2,(H,24,25). The van der Waals surface area contributed by atoms with E-state index in [-0.39, 0.29) is 18.1 Å². The van der Waals surface area contributed by atoms with E-state index in [0.29, 0.717) is 22.9 Å². The number of benzene rings is 1. The molecule has 1 N–H and O–H groups in total. The van der Waals surface area contributed by atoms with E-state index in [0.717, 1.165) is 47.9 Å². The summed E-state index contributed by atoms with van der Waals surface area (Å²) in [5.41, 5.74) is 2.64. The molecule has 0 bridgehead atoms. The lowest BCUT2D eigenvalue weighted by molar-refractivity contribution is -0.123. The molecule has 1 aromatic carbocycles. The van der Waals surface area contributed by atoms with Gasteiger partial charge in [-0.1, -0.05) is 17.7 Å². The molecule has 0 saturated heterocycles. The van der Waals surface area contributed by atoms with Crippen molar-refractivity contribution in [3.05, 3.63) is 68.8 Å². The van der Waals surface area contributed by atoms with Gasteiger partial charge in [-0.05, 0) is 49.4 Å². The van der Waals surface area contributed by atoms with Crippen molar-refractivity contribution in [2.75, 3.05) is 6.61 Å². The summed E-state index contributed by atoms with van der Waals surface area (Å²) in [5, 5.41) is 3.95. The summed E-state index contributed by atoms with van der Waals surface area (Å²) < 4.78 is 11.0. The highest BCUT2D eigenvalue weighted by molar-refractivity contribution is 6.32. The van der Waals surface area contributed by atoms with Crippen molar-refractivity contribution < 1.29 is 13.9 Å². The van der Waals surface area contributed by atoms with Crippen LogP contribution in [0.15, 0.2) is 45.7 Å². The van der Waals surface area contributed by atoms with E-state index >= 15 is 0 Å². The number of nitrogens with one attached hydrogen (secondary N) is 1. The number of carbonyl (C=O) groups is 1. The van der Waals surface area contributed by atoms with Crippen LogP contribution < -0.4 is 15.7 Å². The summed E-state index contributed by atoms with van der Waals surface area (Å²) in [5.74, 6) is 0.00905. The predicted molar refractivity (Wildman–Crippen MR) is 106 cm³/mol. The minimum absolute atomic E-state index is 0.201. The molecule has 7 heteroatoms. The Hall–Kier alpha value is -2.86. The molecular formula is C21H19ClN2O4. The number of rotatable bonds is 5. The average Bonchev–Trinajstić information content (AvgIpc) is 2.72. The monoisotopic (exact) mass is 398 g/mol. The van der Waals surface area contributed by atoms with Gasteiger partial charge in [-0.15, -0.1) is 0 Å². The van der Waals surface area contributed by atoms with Crippen LogP contribution in [0.4, 0.5) is 0 Å². The molecular weight excluding hydrogens is 380 g/mol. The maximum atomic E-state index is 12.2. The Morgan fingerprint density at radius 2 is 2.04 bits per heavy atom. The second-order valence-electron chi connectivity index (χ2n) is 6.72. The summed E-state index contributed by atoms with van der Waals surface area (Å²) in [6.45, 7) is 0.114. The first-order chi connectivity index (χ1) is 13.6. The van der Waals surface area contributed by atoms with Crippen LogP contribution in [0.5, 0.6) is 5.75 Å². The molecule has 0 aliphatic heterocycles. The molecule has 3 aromatic rings. The van der Waals surface area contributed by atoms with Gasteiger partial charge >= 0.3 is 5.63 Å². The molecule has 1 amide bonds. The van der Waals surface area contributed by atoms with Gasteiger partial charge in [0.1, 0.15) is 11.3 Å². The number of aryl methyl sites for hydroxylation is 1. The van der Waals surface area contributed by atoms with Crippen LogP contribution in [0.3, 0.4) is 0 Å². The fraction of sp³-hybridized carbons (Fsp3) is 0.286. The van der Waals surface area contributed by atoms with Crippen LogP contribution in [0.2, 0.25) is 5.02 Å². The Labute approximate surface area is 166 Å². The zero-order valence-electron chi connectivity index (χ0n) is 15.2. The zero-order chi connectivity index (χ0) is 19.5. The molecule has 6 nitrogen and oxygen atoms in total. The molecule has 2 aromatic heterocycles. The van der Waals surface area contributed by atoms with Crippen molar-refractivity contribution >= 4 is 28.5 Å². The topological polar surface area (TPSA) is 81.4 Å². The molecule has 144 valence electrons. The number of fused-ring (bicyclic) bond motifs is 3. The Kier molecular flexibility index (Phi) is 5.30. The van der Waals surface area contributed by atoms with Gasteiger partial charge in [-0.3, -0.25) is 9.78 Å². The number of ether oxygens (including phenoxy) is 1. The summed E-state index contributed by atoms with van der Waals surface area (Å²) in [4.78, 5) is 28.4. The van der Waals surface area contributed by atoms with Crippen LogP contribution in [0.25, 0.3) is 11.0 Å². The van der Waals surface area contributed by atoms with Gasteiger partial charge in [0.25, 0.3) is 5.91 Å². The first-order valence-electron chi connectivity index (χ1n) is 9.19. The summed E-state index contributed by atoms with van der Waals surface area (Å²) in [6, 6.07) is 8.83. The Morgan fingerprint density at radius 3 is 2.82 bits per heavy atom. The predicted octanol–water partition coefficient (Wildman–Crippen LogP) is 3.42. The lowest BCUT2D eigenvalue weighted by Crippen LogP contribution is -2.28. The van der Waals surface area contributed by atoms with Crippen LogP contribution in [0, 0.1) is 0 Å². The molecule has 1 aliphatic rings. The third-order valence-corrected chi connectivity index (χ3v) is 5.12. The average molecular weight is 399 g/mol. The molecule has 1 aliphatic carbocycles. The summed E-state index contributed by atoms with van der Waals surface area (Å²) in [6.07, 6.45) is 5.27. The van der Waals surface area contributed by atoms with Crippen LogP contribution in [0.1, 0.15) is 29.7 Å². The molecule has 0 radical (unpaired) electrons. The van der Waals surface area contributed by atoms with Gasteiger partial charge in [0.15, 0.2) is 6.61 Å². The molecule has 0 unspecified atom stereocenters. The normalized spacial score (nSPS) is 13.2. The summed E-state index contributed by atoms with van der Waals surface area (Å²) >= 11 is 6.36. The van der Waals surface area contributed by atoms with Crippen molar-refractivity contribution in [3.63, 3.8) is 0 Å². The number of aromatic nitrogens is 1. The van der Waals surface area contributed by atoms with Crippen molar-refractivity contribution in [1.82, 2.24) is 10.3 Å². The number of amides is 1. The van der Waals surface area contributed by atoms with Crippen LogP contribution in [-0.2, 0) is 24.2 Å². The first kappa shape index (κ1) is 18.5. The van der Waals surface area contributed by atoms with Gasteiger partial charge in [-0.2, -0.15) is 0 Å². The highest BCUT2D eigenvalue weighted by Crippen LogP contribution is 2.34. The van der Waals surface area contributed by atoms with E-state index < -0.39 is 0 Å². The van der Waals surface area contributed by atoms with Gasteiger partial charge in [0.2, 0.25) is 0 Å². The Morgan fingerprint density at radius 1 is 1.21 bits per heavy atom. The second-order valence-corrected chi connectivity index (χ2v) is 7.13. The van der Waals surface area contributed by atoms with E-state index in [9.17, 15) is 9.59 Å². The molecule has 28 heavy (non-hydrogen) atoms. The lowest BCUT2D eigenvalue weighted by Gasteiger charge is -2.17. The second kappa shape index (κ2) is 8.02. The lowest BCUT2D eigenvalue weighted by atomic mass is 9.91. The number of hydrogen-bond acceptors (Lipinski definition) is 5. The number of nitrogens with zero attached hydrogens (tertiary/aromatic N) is 1. The Balaban J connectivity index is 1.49. The van der Waals surface area contributed by atoms with Gasteiger partial charge in [0, 0.05) is 23.2 Å². The van der Waals surface area contributed by atoms with Crippen molar-refractivity contribution in [3.8, 4) is 5.75 Å². The minimum Gasteiger partial charge on any atom is -0.482 e. The third kappa shape index (κ3) is 3.87. The SMILES string of the molecule is O=C(COc1cc2oc(=O)c3c(c2cc1Cl)CCCC3)NCc1ccccn1. The summed E-state index contributed by atoms with van der Waals surface area (Å²) in [7, 11) is 0. The minimum atomic E-state index is -0.302. The molecule has 0 fully saturated rings. The first-order valence-corrected chi connectivity index (χ1v) is 9.57. The van der Waals surface area contributed by atoms with E-state index in [2.05, 4.69) is 10.3 Å². The van der Waals surface area contributed by atoms with Gasteiger partial charge in [0.05, 0.1) is 17.3 Å². The quantitative estimate of drug-likeness (QED) is 0.666. The molecule has 2 heterocycles. The molecule has 0 saturated carbocycles. The van der Waals surface area contributed by atoms with Crippen molar-refractivity contribution in [1.29, 1.82) is 0 Å². The van der Waals surface area contributed by atoms with E-state index in [1.54, 1.807) is 18.3 Å². The maximum absolute atomic E-state index is 12.2. The number of carbonyl (C=O) groups excluding carboxylic acids is 1. The van der Waals surface area contributed by atoms with Gasteiger partial charge < -0.3 is 14.5 Å². The van der Waals surface area contributed by atoms with Crippen molar-refractivity contribution in [2.24, 2.45) is 0 Å². The fourth-order valence-electron chi connectivity index (χ4n) is 3.44. The van der Waals surface area contributed by atoms with E-state index in [4.69, 9.17) is 20.8 Å². The molecule has 0 spiro atoms. The van der Waals surface area contributed by atoms with E-state index in [1.165, 1.54) is 0 Å². The largest absolute Gasteiger partial charge is 0.482 e. The van der Waals surface area contributed by atoms with Crippen molar-refractivity contribution in [2.45, 2.75) is 32.2 Å². The van der Waals surface area contributed by atoms with Crippen LogP contribution >= 0.6 is 11.6 Å². The molecule has 0 atom stereocenters. The number of pyridine rings is 1. The third-order valence-electron chi connectivity index (χ3n) is 4.83. The fourth-order valence-corrected chi connectivity index (χ4v) is 3.66. The highest BCUT2D eigenvalue weighted by atomic mass is 35.5. The van der Waals surface area contributed by atoms with Gasteiger partial charge in [-0.25, -0.2) is 4.79 Å². The highest BCUT2D eigenvalue weighted by Gasteiger charge is 2.19. The Bertz CT molecular complexity index is 1080. The molecule has 4 rings (SSSR count). The number of hydrogen-bond donors (Lipinski definition) is 1.